The minimum Gasteiger partial charge on any atom is -0.496 e. The van der Waals surface area contributed by atoms with E-state index in [2.05, 4.69) is 10.3 Å². The third-order valence-electron chi connectivity index (χ3n) is 4.14. The van der Waals surface area contributed by atoms with Crippen LogP contribution in [0.5, 0.6) is 17.2 Å². The Morgan fingerprint density at radius 2 is 1.48 bits per heavy atom. The maximum atomic E-state index is 5.47. The largest absolute Gasteiger partial charge is 0.496 e. The first-order valence-corrected chi connectivity index (χ1v) is 8.06. The van der Waals surface area contributed by atoms with Crippen molar-refractivity contribution in [2.45, 2.75) is 13.5 Å². The number of para-hydroxylation sites is 1. The summed E-state index contributed by atoms with van der Waals surface area (Å²) in [5.74, 6) is 2.35. The minimum atomic E-state index is 0.572. The average Bonchev–Trinajstić information content (AvgIpc) is 2.65. The van der Waals surface area contributed by atoms with Crippen LogP contribution in [0.2, 0.25) is 0 Å². The summed E-state index contributed by atoms with van der Waals surface area (Å²) < 4.78 is 16.4. The molecule has 5 nitrogen and oxygen atoms in total. The molecular weight excluding hydrogens is 316 g/mol. The van der Waals surface area contributed by atoms with E-state index in [-0.39, 0.29) is 0 Å². The van der Waals surface area contributed by atoms with Crippen LogP contribution < -0.4 is 19.5 Å². The smallest absolute Gasteiger partial charge is 0.145 e. The SMILES string of the molecule is COc1cccc(OC)c1CNc1cc(C)nc2c(OC)cccc12. The number of pyridine rings is 1. The van der Waals surface area contributed by atoms with E-state index >= 15 is 0 Å². The monoisotopic (exact) mass is 338 g/mol. The number of hydrogen-bond donors (Lipinski definition) is 1. The number of rotatable bonds is 6. The van der Waals surface area contributed by atoms with Crippen molar-refractivity contribution in [1.29, 1.82) is 0 Å². The summed E-state index contributed by atoms with van der Waals surface area (Å²) in [4.78, 5) is 4.62. The molecule has 0 spiro atoms. The van der Waals surface area contributed by atoms with Crippen LogP contribution in [-0.4, -0.2) is 26.3 Å². The second-order valence-electron chi connectivity index (χ2n) is 5.66. The van der Waals surface area contributed by atoms with Gasteiger partial charge in [-0.15, -0.1) is 0 Å². The van der Waals surface area contributed by atoms with Crippen LogP contribution in [0.3, 0.4) is 0 Å². The summed E-state index contributed by atoms with van der Waals surface area (Å²) in [6.45, 7) is 2.55. The second kappa shape index (κ2) is 7.30. The Morgan fingerprint density at radius 3 is 2.12 bits per heavy atom. The molecule has 25 heavy (non-hydrogen) atoms. The average molecular weight is 338 g/mol. The van der Waals surface area contributed by atoms with Gasteiger partial charge in [0.2, 0.25) is 0 Å². The van der Waals surface area contributed by atoms with Gasteiger partial charge in [-0.2, -0.15) is 0 Å². The first-order chi connectivity index (χ1) is 12.2. The summed E-state index contributed by atoms with van der Waals surface area (Å²) in [6.07, 6.45) is 0. The zero-order valence-electron chi connectivity index (χ0n) is 14.9. The third kappa shape index (κ3) is 3.31. The second-order valence-corrected chi connectivity index (χ2v) is 5.66. The molecule has 3 rings (SSSR count). The summed E-state index contributed by atoms with van der Waals surface area (Å²) in [5, 5.41) is 4.50. The minimum absolute atomic E-state index is 0.572. The summed E-state index contributed by atoms with van der Waals surface area (Å²) in [7, 11) is 4.98. The van der Waals surface area contributed by atoms with Crippen molar-refractivity contribution in [1.82, 2.24) is 4.98 Å². The number of aromatic nitrogens is 1. The zero-order valence-corrected chi connectivity index (χ0v) is 14.9. The van der Waals surface area contributed by atoms with Gasteiger partial charge in [0.1, 0.15) is 22.8 Å². The number of benzene rings is 2. The lowest BCUT2D eigenvalue weighted by atomic mass is 10.1. The van der Waals surface area contributed by atoms with Crippen molar-refractivity contribution >= 4 is 16.6 Å². The molecule has 0 saturated heterocycles. The number of nitrogens with one attached hydrogen (secondary N) is 1. The van der Waals surface area contributed by atoms with Crippen LogP contribution in [0.1, 0.15) is 11.3 Å². The number of hydrogen-bond acceptors (Lipinski definition) is 5. The van der Waals surface area contributed by atoms with E-state index in [4.69, 9.17) is 14.2 Å². The van der Waals surface area contributed by atoms with E-state index in [9.17, 15) is 0 Å². The van der Waals surface area contributed by atoms with Crippen molar-refractivity contribution < 1.29 is 14.2 Å². The van der Waals surface area contributed by atoms with Crippen LogP contribution >= 0.6 is 0 Å². The first kappa shape index (κ1) is 16.9. The quantitative estimate of drug-likeness (QED) is 0.731. The number of aryl methyl sites for hydroxylation is 1. The predicted octanol–water partition coefficient (Wildman–Crippen LogP) is 4.18. The van der Waals surface area contributed by atoms with Crippen molar-refractivity contribution in [3.8, 4) is 17.2 Å². The van der Waals surface area contributed by atoms with Gasteiger partial charge in [-0.25, -0.2) is 4.98 Å². The van der Waals surface area contributed by atoms with Gasteiger partial charge in [-0.1, -0.05) is 18.2 Å². The molecule has 1 heterocycles. The number of fused-ring (bicyclic) bond motifs is 1. The van der Waals surface area contributed by atoms with Crippen molar-refractivity contribution in [2.24, 2.45) is 0 Å². The molecule has 0 unspecified atom stereocenters. The van der Waals surface area contributed by atoms with E-state index in [1.165, 1.54) is 0 Å². The Morgan fingerprint density at radius 1 is 0.880 bits per heavy atom. The normalized spacial score (nSPS) is 10.6. The van der Waals surface area contributed by atoms with E-state index in [0.29, 0.717) is 6.54 Å². The van der Waals surface area contributed by atoms with Gasteiger partial charge < -0.3 is 19.5 Å². The van der Waals surface area contributed by atoms with Gasteiger partial charge in [0, 0.05) is 23.3 Å². The molecule has 0 aliphatic rings. The van der Waals surface area contributed by atoms with E-state index in [1.807, 2.05) is 49.4 Å². The fourth-order valence-electron chi connectivity index (χ4n) is 2.95. The van der Waals surface area contributed by atoms with Gasteiger partial charge >= 0.3 is 0 Å². The number of anilines is 1. The topological polar surface area (TPSA) is 52.6 Å². The highest BCUT2D eigenvalue weighted by atomic mass is 16.5. The van der Waals surface area contributed by atoms with E-state index < -0.39 is 0 Å². The highest BCUT2D eigenvalue weighted by Crippen LogP contribution is 2.32. The highest BCUT2D eigenvalue weighted by Gasteiger charge is 2.12. The molecule has 0 amide bonds. The molecule has 0 fully saturated rings. The van der Waals surface area contributed by atoms with Crippen molar-refractivity contribution in [3.63, 3.8) is 0 Å². The number of methoxy groups -OCH3 is 3. The third-order valence-corrected chi connectivity index (χ3v) is 4.14. The maximum absolute atomic E-state index is 5.47. The number of ether oxygens (including phenoxy) is 3. The molecule has 0 bridgehead atoms. The van der Waals surface area contributed by atoms with Gasteiger partial charge in [-0.3, -0.25) is 0 Å². The Hall–Kier alpha value is -2.95. The van der Waals surface area contributed by atoms with Crippen LogP contribution in [-0.2, 0) is 6.54 Å². The lowest BCUT2D eigenvalue weighted by Crippen LogP contribution is -2.05. The van der Waals surface area contributed by atoms with Crippen LogP contribution in [0, 0.1) is 6.92 Å². The Kier molecular flexibility index (Phi) is 4.93. The Bertz CT molecular complexity index is 871. The molecule has 1 aromatic heterocycles. The molecule has 0 aliphatic heterocycles. The molecule has 0 radical (unpaired) electrons. The summed E-state index contributed by atoms with van der Waals surface area (Å²) >= 11 is 0. The van der Waals surface area contributed by atoms with Gasteiger partial charge in [-0.05, 0) is 31.2 Å². The molecule has 0 aliphatic carbocycles. The van der Waals surface area contributed by atoms with Gasteiger partial charge in [0.05, 0.1) is 26.9 Å². The predicted molar refractivity (Wildman–Crippen MR) is 99.9 cm³/mol. The molecule has 1 N–H and O–H groups in total. The van der Waals surface area contributed by atoms with Crippen LogP contribution in [0.25, 0.3) is 10.9 Å². The molecule has 130 valence electrons. The fourth-order valence-corrected chi connectivity index (χ4v) is 2.95. The van der Waals surface area contributed by atoms with Crippen molar-refractivity contribution in [2.75, 3.05) is 26.6 Å². The summed E-state index contributed by atoms with van der Waals surface area (Å²) in [5.41, 5.74) is 3.73. The number of nitrogens with zero attached hydrogens (tertiary/aromatic N) is 1. The lowest BCUT2D eigenvalue weighted by Gasteiger charge is -2.16. The van der Waals surface area contributed by atoms with E-state index in [0.717, 1.165) is 45.1 Å². The fraction of sp³-hybridized carbons (Fsp3) is 0.250. The lowest BCUT2D eigenvalue weighted by molar-refractivity contribution is 0.386. The molecule has 5 heteroatoms. The highest BCUT2D eigenvalue weighted by molar-refractivity contribution is 5.95. The zero-order chi connectivity index (χ0) is 17.8. The Balaban J connectivity index is 2.00. The first-order valence-electron chi connectivity index (χ1n) is 8.06. The molecule has 0 saturated carbocycles. The molecular formula is C20H22N2O3. The van der Waals surface area contributed by atoms with E-state index in [1.54, 1.807) is 21.3 Å². The molecule has 2 aromatic carbocycles. The molecule has 3 aromatic rings. The van der Waals surface area contributed by atoms with Crippen molar-refractivity contribution in [3.05, 3.63) is 53.7 Å². The standard InChI is InChI=1S/C20H22N2O3/c1-13-11-16(14-7-5-10-19(25-4)20(14)22-13)21-12-15-17(23-2)8-6-9-18(15)24-3/h5-11H,12H2,1-4H3,(H,21,22). The molecule has 0 atom stereocenters. The van der Waals surface area contributed by atoms with Crippen LogP contribution in [0.4, 0.5) is 5.69 Å². The van der Waals surface area contributed by atoms with Gasteiger partial charge in [0.15, 0.2) is 0 Å². The maximum Gasteiger partial charge on any atom is 0.145 e. The van der Waals surface area contributed by atoms with Crippen LogP contribution in [0.15, 0.2) is 42.5 Å². The van der Waals surface area contributed by atoms with Gasteiger partial charge in [0.25, 0.3) is 0 Å². The Labute approximate surface area is 147 Å². The summed E-state index contributed by atoms with van der Waals surface area (Å²) in [6, 6.07) is 13.7.